The van der Waals surface area contributed by atoms with Gasteiger partial charge in [0.2, 0.25) is 19.4 Å². The second-order valence-electron chi connectivity index (χ2n) is 6.96. The molecule has 0 saturated carbocycles. The summed E-state index contributed by atoms with van der Waals surface area (Å²) in [6.07, 6.45) is 2.37. The molecule has 2 aromatic rings. The molecule has 0 unspecified atom stereocenters. The molecule has 0 atom stereocenters. The van der Waals surface area contributed by atoms with Crippen molar-refractivity contribution in [1.82, 2.24) is 5.01 Å². The number of fused-ring (bicyclic) bond motifs is 1. The number of ether oxygens (including phenoxy) is 2. The Bertz CT molecular complexity index is 1430. The number of amides is 1. The first-order chi connectivity index (χ1) is 16.1. The summed E-state index contributed by atoms with van der Waals surface area (Å²) in [5.41, 5.74) is 0.648. The highest BCUT2D eigenvalue weighted by Crippen LogP contribution is 2.32. The van der Waals surface area contributed by atoms with E-state index in [1.807, 2.05) is 0 Å². The zero-order valence-electron chi connectivity index (χ0n) is 17.6. The summed E-state index contributed by atoms with van der Waals surface area (Å²) in [6, 6.07) is 10.7. The maximum absolute atomic E-state index is 12.5. The van der Waals surface area contributed by atoms with Gasteiger partial charge in [0.1, 0.15) is 0 Å². The Balaban J connectivity index is 1.60. The SMILES string of the molecule is COc1cc(C=C2C(=N)N3N=C(S(C)(=O)=O)SC3=NC2=O)ccc1OC(=O)c1ccc(Cl)cc1. The Labute approximate surface area is 203 Å². The monoisotopic (exact) mass is 518 g/mol. The van der Waals surface area contributed by atoms with Gasteiger partial charge in [0, 0.05) is 11.3 Å². The lowest BCUT2D eigenvalue weighted by atomic mass is 10.1. The molecule has 34 heavy (non-hydrogen) atoms. The van der Waals surface area contributed by atoms with Crippen LogP contribution in [0, 0.1) is 5.41 Å². The second kappa shape index (κ2) is 9.05. The smallest absolute Gasteiger partial charge is 0.343 e. The van der Waals surface area contributed by atoms with Crippen molar-refractivity contribution in [2.24, 2.45) is 10.1 Å². The topological polar surface area (TPSA) is 139 Å². The average Bonchev–Trinajstić information content (AvgIpc) is 3.22. The van der Waals surface area contributed by atoms with E-state index in [-0.39, 0.29) is 32.5 Å². The van der Waals surface area contributed by atoms with Crippen LogP contribution in [0.4, 0.5) is 0 Å². The van der Waals surface area contributed by atoms with E-state index in [2.05, 4.69) is 10.1 Å². The van der Waals surface area contributed by atoms with Gasteiger partial charge < -0.3 is 9.47 Å². The van der Waals surface area contributed by atoms with Gasteiger partial charge >= 0.3 is 5.97 Å². The van der Waals surface area contributed by atoms with Crippen LogP contribution in [0.3, 0.4) is 0 Å². The van der Waals surface area contributed by atoms with Crippen molar-refractivity contribution in [2.45, 2.75) is 0 Å². The first-order valence-electron chi connectivity index (χ1n) is 9.43. The third-order valence-electron chi connectivity index (χ3n) is 4.53. The molecule has 0 aromatic heterocycles. The predicted molar refractivity (Wildman–Crippen MR) is 129 cm³/mol. The van der Waals surface area contributed by atoms with E-state index in [4.69, 9.17) is 26.5 Å². The van der Waals surface area contributed by atoms with Crippen LogP contribution < -0.4 is 9.47 Å². The van der Waals surface area contributed by atoms with Crippen molar-refractivity contribution in [1.29, 1.82) is 5.41 Å². The quantitative estimate of drug-likeness (QED) is 0.370. The summed E-state index contributed by atoms with van der Waals surface area (Å²) in [4.78, 5) is 28.8. The van der Waals surface area contributed by atoms with Crippen molar-refractivity contribution >= 4 is 66.5 Å². The first-order valence-corrected chi connectivity index (χ1v) is 12.5. The molecule has 174 valence electrons. The number of methoxy groups -OCH3 is 1. The number of hydrazone groups is 1. The second-order valence-corrected chi connectivity index (χ2v) is 10.5. The maximum atomic E-state index is 12.5. The predicted octanol–water partition coefficient (Wildman–Crippen LogP) is 3.19. The van der Waals surface area contributed by atoms with Crippen molar-refractivity contribution in [3.05, 3.63) is 64.2 Å². The van der Waals surface area contributed by atoms with Crippen LogP contribution in [0.2, 0.25) is 5.02 Å². The molecule has 10 nitrogen and oxygen atoms in total. The fourth-order valence-electron chi connectivity index (χ4n) is 2.89. The minimum atomic E-state index is -3.63. The van der Waals surface area contributed by atoms with Gasteiger partial charge in [-0.25, -0.2) is 13.2 Å². The number of sulfone groups is 1. The third-order valence-corrected chi connectivity index (χ3v) is 7.36. The van der Waals surface area contributed by atoms with Gasteiger partial charge in [-0.05, 0) is 59.8 Å². The average molecular weight is 519 g/mol. The van der Waals surface area contributed by atoms with E-state index in [0.717, 1.165) is 11.3 Å². The highest BCUT2D eigenvalue weighted by atomic mass is 35.5. The van der Waals surface area contributed by atoms with Crippen molar-refractivity contribution in [2.75, 3.05) is 13.4 Å². The third kappa shape index (κ3) is 4.74. The van der Waals surface area contributed by atoms with Crippen molar-refractivity contribution in [3.63, 3.8) is 0 Å². The highest BCUT2D eigenvalue weighted by Gasteiger charge is 2.38. The van der Waals surface area contributed by atoms with E-state index in [9.17, 15) is 18.0 Å². The molecule has 2 aliphatic heterocycles. The number of carbonyl (C=O) groups is 2. The minimum Gasteiger partial charge on any atom is -0.493 e. The molecule has 13 heteroatoms. The molecule has 0 fully saturated rings. The number of esters is 1. The normalized spacial score (nSPS) is 16.8. The molecular weight excluding hydrogens is 504 g/mol. The molecule has 1 N–H and O–H groups in total. The molecule has 0 aliphatic carbocycles. The van der Waals surface area contributed by atoms with Crippen LogP contribution in [0.5, 0.6) is 11.5 Å². The maximum Gasteiger partial charge on any atom is 0.343 e. The molecule has 0 spiro atoms. The summed E-state index contributed by atoms with van der Waals surface area (Å²) in [7, 11) is -2.24. The molecular formula is C21H15ClN4O6S2. The number of rotatable bonds is 4. The molecule has 0 saturated heterocycles. The van der Waals surface area contributed by atoms with Crippen LogP contribution >= 0.6 is 23.4 Å². The minimum absolute atomic E-state index is 0.00499. The lowest BCUT2D eigenvalue weighted by molar-refractivity contribution is -0.114. The Morgan fingerprint density at radius 2 is 1.88 bits per heavy atom. The van der Waals surface area contributed by atoms with E-state index in [1.165, 1.54) is 37.5 Å². The number of carbonyl (C=O) groups excluding carboxylic acids is 2. The number of nitrogens with one attached hydrogen (secondary N) is 1. The molecule has 2 aromatic carbocycles. The fraction of sp³-hybridized carbons (Fsp3) is 0.0952. The van der Waals surface area contributed by atoms with E-state index >= 15 is 0 Å². The van der Waals surface area contributed by atoms with Gasteiger partial charge in [-0.3, -0.25) is 10.2 Å². The van der Waals surface area contributed by atoms with E-state index in [0.29, 0.717) is 27.9 Å². The summed E-state index contributed by atoms with van der Waals surface area (Å²) in [5, 5.41) is 13.7. The van der Waals surface area contributed by atoms with Crippen LogP contribution in [0.1, 0.15) is 15.9 Å². The number of halogens is 1. The number of amidine groups is 2. The van der Waals surface area contributed by atoms with Crippen LogP contribution in [-0.4, -0.2) is 54.0 Å². The molecule has 0 bridgehead atoms. The molecule has 1 amide bonds. The standard InChI is InChI=1S/C21H15ClN4O6S2/c1-31-16-10-11(3-8-15(16)32-19(28)12-4-6-13(22)7-5-12)9-14-17(23)26-20(24-18(14)27)33-21(25-26)34(2,29)30/h3-10,23H,1-2H3. The number of hydrogen-bond donors (Lipinski definition) is 1. The van der Waals surface area contributed by atoms with E-state index in [1.54, 1.807) is 18.2 Å². The van der Waals surface area contributed by atoms with Crippen molar-refractivity contribution < 1.29 is 27.5 Å². The van der Waals surface area contributed by atoms with E-state index < -0.39 is 21.7 Å². The van der Waals surface area contributed by atoms with Gasteiger partial charge in [0.25, 0.3) is 5.91 Å². The number of benzene rings is 2. The van der Waals surface area contributed by atoms with Gasteiger partial charge in [-0.1, -0.05) is 17.7 Å². The largest absolute Gasteiger partial charge is 0.493 e. The number of thioether (sulfide) groups is 1. The lowest BCUT2D eigenvalue weighted by Crippen LogP contribution is -2.35. The fourth-order valence-corrected chi connectivity index (χ4v) is 4.70. The number of aliphatic imine (C=N–C) groups is 1. The number of nitrogens with zero attached hydrogens (tertiary/aromatic N) is 3. The van der Waals surface area contributed by atoms with Crippen LogP contribution in [-0.2, 0) is 14.6 Å². The Hall–Kier alpha value is -3.48. The zero-order valence-corrected chi connectivity index (χ0v) is 20.0. The molecule has 2 heterocycles. The van der Waals surface area contributed by atoms with Crippen LogP contribution in [0.25, 0.3) is 6.08 Å². The van der Waals surface area contributed by atoms with Gasteiger partial charge in [-0.15, -0.1) is 5.10 Å². The van der Waals surface area contributed by atoms with Gasteiger partial charge in [0.05, 0.1) is 18.2 Å². The summed E-state index contributed by atoms with van der Waals surface area (Å²) < 4.78 is 34.0. The van der Waals surface area contributed by atoms with Gasteiger partial charge in [0.15, 0.2) is 17.3 Å². The Morgan fingerprint density at radius 3 is 2.53 bits per heavy atom. The highest BCUT2D eigenvalue weighted by molar-refractivity contribution is 8.42. The zero-order chi connectivity index (χ0) is 24.6. The summed E-state index contributed by atoms with van der Waals surface area (Å²) >= 11 is 6.54. The lowest BCUT2D eigenvalue weighted by Gasteiger charge is -2.20. The molecule has 2 aliphatic rings. The first kappa shape index (κ1) is 23.7. The molecule has 4 rings (SSSR count). The Morgan fingerprint density at radius 1 is 1.18 bits per heavy atom. The molecule has 0 radical (unpaired) electrons. The summed E-state index contributed by atoms with van der Waals surface area (Å²) in [5.74, 6) is -1.29. The summed E-state index contributed by atoms with van der Waals surface area (Å²) in [6.45, 7) is 0. The number of hydrogen-bond acceptors (Lipinski definition) is 9. The van der Waals surface area contributed by atoms with Crippen LogP contribution in [0.15, 0.2) is 58.1 Å². The van der Waals surface area contributed by atoms with Crippen molar-refractivity contribution in [3.8, 4) is 11.5 Å². The van der Waals surface area contributed by atoms with Gasteiger partial charge in [-0.2, -0.15) is 10.0 Å². The Kier molecular flexibility index (Phi) is 6.30.